The Morgan fingerprint density at radius 1 is 0.750 bits per heavy atom. The third-order valence-corrected chi connectivity index (χ3v) is 6.61. The molecule has 146 valence electrons. The normalized spacial score (nSPS) is 11.8. The number of rotatable bonds is 6. The van der Waals surface area contributed by atoms with Gasteiger partial charge >= 0.3 is 0 Å². The molecule has 0 aliphatic carbocycles. The zero-order valence-corrected chi connectivity index (χ0v) is 18.6. The van der Waals surface area contributed by atoms with Crippen molar-refractivity contribution >= 4 is 13.9 Å². The lowest BCUT2D eigenvalue weighted by Gasteiger charge is -2.28. The first kappa shape index (κ1) is 20.4. The molecule has 0 radical (unpaired) electrons. The SMILES string of the molecule is COc1ccccc1-c1c(OC)cccc1PC(C)(C)c1cc(C)cc(C)c1. The van der Waals surface area contributed by atoms with E-state index >= 15 is 0 Å². The van der Waals surface area contributed by atoms with Gasteiger partial charge in [0.15, 0.2) is 0 Å². The molecule has 0 N–H and O–H groups in total. The van der Waals surface area contributed by atoms with Gasteiger partial charge in [-0.25, -0.2) is 0 Å². The highest BCUT2D eigenvalue weighted by Gasteiger charge is 2.25. The van der Waals surface area contributed by atoms with Gasteiger partial charge in [0.05, 0.1) is 14.2 Å². The number of hydrogen-bond donors (Lipinski definition) is 0. The Morgan fingerprint density at radius 2 is 1.36 bits per heavy atom. The van der Waals surface area contributed by atoms with Crippen LogP contribution in [0.1, 0.15) is 30.5 Å². The van der Waals surface area contributed by atoms with E-state index < -0.39 is 0 Å². The van der Waals surface area contributed by atoms with Crippen molar-refractivity contribution in [2.45, 2.75) is 32.9 Å². The molecule has 0 aromatic heterocycles. The van der Waals surface area contributed by atoms with E-state index in [0.29, 0.717) is 8.58 Å². The Hall–Kier alpha value is -2.31. The van der Waals surface area contributed by atoms with Crippen molar-refractivity contribution in [2.24, 2.45) is 0 Å². The zero-order valence-electron chi connectivity index (χ0n) is 17.6. The maximum atomic E-state index is 5.75. The third-order valence-electron chi connectivity index (χ3n) is 5.01. The number of methoxy groups -OCH3 is 2. The molecule has 0 aliphatic heterocycles. The Balaban J connectivity index is 2.12. The molecule has 28 heavy (non-hydrogen) atoms. The van der Waals surface area contributed by atoms with E-state index in [4.69, 9.17) is 9.47 Å². The van der Waals surface area contributed by atoms with E-state index in [2.05, 4.69) is 64.1 Å². The molecule has 1 unspecified atom stereocenters. The summed E-state index contributed by atoms with van der Waals surface area (Å²) in [7, 11) is 4.04. The molecule has 3 rings (SSSR count). The largest absolute Gasteiger partial charge is 0.496 e. The lowest BCUT2D eigenvalue weighted by atomic mass is 9.98. The van der Waals surface area contributed by atoms with E-state index in [1.165, 1.54) is 22.0 Å². The molecule has 0 saturated carbocycles. The fourth-order valence-corrected chi connectivity index (χ4v) is 5.20. The average Bonchev–Trinajstić information content (AvgIpc) is 2.66. The molecular formula is C25H29O2P. The third kappa shape index (κ3) is 4.23. The summed E-state index contributed by atoms with van der Waals surface area (Å²) < 4.78 is 11.4. The van der Waals surface area contributed by atoms with Crippen molar-refractivity contribution in [1.82, 2.24) is 0 Å². The Labute approximate surface area is 170 Å². The Kier molecular flexibility index (Phi) is 6.10. The smallest absolute Gasteiger partial charge is 0.127 e. The predicted molar refractivity (Wildman–Crippen MR) is 122 cm³/mol. The van der Waals surface area contributed by atoms with E-state index in [-0.39, 0.29) is 5.16 Å². The molecule has 0 spiro atoms. The van der Waals surface area contributed by atoms with Crippen molar-refractivity contribution in [2.75, 3.05) is 14.2 Å². The minimum Gasteiger partial charge on any atom is -0.496 e. The standard InChI is InChI=1S/C25H29O2P/c1-17-14-18(2)16-19(15-17)25(3,4)28-23-13-9-12-22(27-6)24(23)20-10-7-8-11-21(20)26-5/h7-16,28H,1-6H3. The number of para-hydroxylation sites is 1. The molecule has 0 saturated heterocycles. The molecule has 3 heteroatoms. The van der Waals surface area contributed by atoms with Gasteiger partial charge in [-0.3, -0.25) is 0 Å². The van der Waals surface area contributed by atoms with Gasteiger partial charge in [0.1, 0.15) is 11.5 Å². The second kappa shape index (κ2) is 8.37. The van der Waals surface area contributed by atoms with Crippen molar-refractivity contribution in [3.8, 4) is 22.6 Å². The van der Waals surface area contributed by atoms with Gasteiger partial charge < -0.3 is 9.47 Å². The first-order chi connectivity index (χ1) is 13.4. The summed E-state index contributed by atoms with van der Waals surface area (Å²) in [6.07, 6.45) is 0. The first-order valence-corrected chi connectivity index (χ1v) is 10.5. The summed E-state index contributed by atoms with van der Waals surface area (Å²) in [6.45, 7) is 8.99. The first-order valence-electron chi connectivity index (χ1n) is 9.53. The molecule has 3 aromatic carbocycles. The van der Waals surface area contributed by atoms with E-state index in [9.17, 15) is 0 Å². The lowest BCUT2D eigenvalue weighted by molar-refractivity contribution is 0.410. The Bertz CT molecular complexity index is 956. The van der Waals surface area contributed by atoms with Gasteiger partial charge in [0.2, 0.25) is 0 Å². The molecule has 1 atom stereocenters. The summed E-state index contributed by atoms with van der Waals surface area (Å²) in [5.74, 6) is 1.74. The van der Waals surface area contributed by atoms with E-state index in [0.717, 1.165) is 22.6 Å². The highest BCUT2D eigenvalue weighted by atomic mass is 31.1. The van der Waals surface area contributed by atoms with Crippen LogP contribution < -0.4 is 14.8 Å². The summed E-state index contributed by atoms with van der Waals surface area (Å²) >= 11 is 0. The summed E-state index contributed by atoms with van der Waals surface area (Å²) in [5.41, 5.74) is 6.18. The molecule has 0 heterocycles. The zero-order chi connectivity index (χ0) is 20.3. The molecule has 2 nitrogen and oxygen atoms in total. The van der Waals surface area contributed by atoms with Gasteiger partial charge in [0.25, 0.3) is 0 Å². The molecule has 0 bridgehead atoms. The number of aryl methyl sites for hydroxylation is 2. The van der Waals surface area contributed by atoms with Crippen LogP contribution in [0, 0.1) is 13.8 Å². The lowest BCUT2D eigenvalue weighted by Crippen LogP contribution is -2.17. The number of ether oxygens (including phenoxy) is 2. The van der Waals surface area contributed by atoms with Crippen molar-refractivity contribution in [3.63, 3.8) is 0 Å². The highest BCUT2D eigenvalue weighted by Crippen LogP contribution is 2.45. The van der Waals surface area contributed by atoms with Gasteiger partial charge in [0, 0.05) is 16.3 Å². The molecular weight excluding hydrogens is 363 g/mol. The second-order valence-electron chi connectivity index (χ2n) is 7.71. The van der Waals surface area contributed by atoms with Crippen LogP contribution in [0.2, 0.25) is 0 Å². The molecule has 0 aliphatic rings. The highest BCUT2D eigenvalue weighted by molar-refractivity contribution is 7.48. The Morgan fingerprint density at radius 3 is 2.00 bits per heavy atom. The van der Waals surface area contributed by atoms with E-state index in [1.54, 1.807) is 14.2 Å². The molecule has 3 aromatic rings. The van der Waals surface area contributed by atoms with Crippen LogP contribution in [0.25, 0.3) is 11.1 Å². The average molecular weight is 392 g/mol. The van der Waals surface area contributed by atoms with Crippen LogP contribution in [-0.2, 0) is 5.16 Å². The van der Waals surface area contributed by atoms with Crippen LogP contribution >= 0.6 is 8.58 Å². The maximum Gasteiger partial charge on any atom is 0.127 e. The minimum atomic E-state index is 0.0138. The van der Waals surface area contributed by atoms with Crippen molar-refractivity contribution in [1.29, 1.82) is 0 Å². The monoisotopic (exact) mass is 392 g/mol. The fraction of sp³-hybridized carbons (Fsp3) is 0.280. The van der Waals surface area contributed by atoms with Crippen LogP contribution in [0.3, 0.4) is 0 Å². The van der Waals surface area contributed by atoms with Crippen LogP contribution in [-0.4, -0.2) is 14.2 Å². The van der Waals surface area contributed by atoms with Gasteiger partial charge in [-0.05, 0) is 36.8 Å². The van der Waals surface area contributed by atoms with Crippen LogP contribution in [0.4, 0.5) is 0 Å². The van der Waals surface area contributed by atoms with Crippen molar-refractivity contribution in [3.05, 3.63) is 77.4 Å². The minimum absolute atomic E-state index is 0.0138. The topological polar surface area (TPSA) is 18.5 Å². The number of benzene rings is 3. The van der Waals surface area contributed by atoms with E-state index in [1.807, 2.05) is 24.3 Å². The fourth-order valence-electron chi connectivity index (χ4n) is 3.68. The van der Waals surface area contributed by atoms with Crippen molar-refractivity contribution < 1.29 is 9.47 Å². The molecule has 0 fully saturated rings. The summed E-state index contributed by atoms with van der Waals surface area (Å²) in [6, 6.07) is 21.3. The van der Waals surface area contributed by atoms with Crippen LogP contribution in [0.5, 0.6) is 11.5 Å². The van der Waals surface area contributed by atoms with Gasteiger partial charge in [-0.15, -0.1) is 0 Å². The summed E-state index contributed by atoms with van der Waals surface area (Å²) in [5, 5.41) is 1.30. The predicted octanol–water partition coefficient (Wildman–Crippen LogP) is 6.23. The van der Waals surface area contributed by atoms with Gasteiger partial charge in [-0.2, -0.15) is 0 Å². The van der Waals surface area contributed by atoms with Gasteiger partial charge in [-0.1, -0.05) is 82.1 Å². The number of hydrogen-bond acceptors (Lipinski definition) is 2. The quantitative estimate of drug-likeness (QED) is 0.463. The van der Waals surface area contributed by atoms with Crippen LogP contribution in [0.15, 0.2) is 60.7 Å². The summed E-state index contributed by atoms with van der Waals surface area (Å²) in [4.78, 5) is 0. The maximum absolute atomic E-state index is 5.75. The molecule has 0 amide bonds. The second-order valence-corrected chi connectivity index (χ2v) is 9.75.